The SMILES string of the molecule is C[C@@H]1C[C@H](c2ccc(C#N)c3ncccc23)CN(C(=O)[C@@H](N)C2CC2)C1. The maximum Gasteiger partial charge on any atom is 0.239 e. The van der Waals surface area contributed by atoms with Gasteiger partial charge in [0.15, 0.2) is 0 Å². The molecule has 0 radical (unpaired) electrons. The molecule has 2 fully saturated rings. The Morgan fingerprint density at radius 2 is 2.15 bits per heavy atom. The van der Waals surface area contributed by atoms with Gasteiger partial charge in [-0.15, -0.1) is 0 Å². The van der Waals surface area contributed by atoms with Gasteiger partial charge in [0.05, 0.1) is 17.1 Å². The normalized spacial score (nSPS) is 24.3. The lowest BCUT2D eigenvalue weighted by Crippen LogP contribution is -2.50. The molecule has 1 aromatic heterocycles. The van der Waals surface area contributed by atoms with Crippen molar-refractivity contribution >= 4 is 16.8 Å². The van der Waals surface area contributed by atoms with Crippen LogP contribution in [0.1, 0.15) is 43.2 Å². The molecule has 2 heterocycles. The second-order valence-electron chi connectivity index (χ2n) is 7.86. The standard InChI is InChI=1S/C21H24N4O/c1-13-9-16(12-25(11-13)21(26)19(23)14-4-5-14)17-7-6-15(10-22)20-18(17)3-2-8-24-20/h2-3,6-8,13-14,16,19H,4-5,9,11-12,23H2,1H3/t13-,16+,19+/m1/s1. The molecule has 5 heteroatoms. The Morgan fingerprint density at radius 1 is 1.35 bits per heavy atom. The maximum absolute atomic E-state index is 12.8. The molecule has 1 saturated carbocycles. The van der Waals surface area contributed by atoms with Gasteiger partial charge in [0.1, 0.15) is 6.07 Å². The van der Waals surface area contributed by atoms with Crippen LogP contribution in [0.2, 0.25) is 0 Å². The molecule has 2 aromatic rings. The highest BCUT2D eigenvalue weighted by molar-refractivity contribution is 5.88. The third kappa shape index (κ3) is 3.06. The third-order valence-corrected chi connectivity index (χ3v) is 5.75. The molecule has 2 aliphatic rings. The molecule has 134 valence electrons. The molecule has 1 aliphatic heterocycles. The number of nitrogens with two attached hydrogens (primary N) is 1. The second-order valence-corrected chi connectivity index (χ2v) is 7.86. The summed E-state index contributed by atoms with van der Waals surface area (Å²) in [4.78, 5) is 19.2. The number of aromatic nitrogens is 1. The molecule has 5 nitrogen and oxygen atoms in total. The van der Waals surface area contributed by atoms with Crippen molar-refractivity contribution in [2.24, 2.45) is 17.6 Å². The van der Waals surface area contributed by atoms with Crippen LogP contribution < -0.4 is 5.73 Å². The number of piperidine rings is 1. The molecule has 1 aliphatic carbocycles. The van der Waals surface area contributed by atoms with E-state index in [1.807, 2.05) is 29.2 Å². The number of carbonyl (C=O) groups excluding carboxylic acids is 1. The van der Waals surface area contributed by atoms with Gasteiger partial charge in [-0.25, -0.2) is 0 Å². The van der Waals surface area contributed by atoms with E-state index in [-0.39, 0.29) is 17.9 Å². The van der Waals surface area contributed by atoms with E-state index in [0.29, 0.717) is 23.9 Å². The van der Waals surface area contributed by atoms with Crippen molar-refractivity contribution in [3.63, 3.8) is 0 Å². The first kappa shape index (κ1) is 17.0. The van der Waals surface area contributed by atoms with Crippen LogP contribution in [0.15, 0.2) is 30.5 Å². The van der Waals surface area contributed by atoms with E-state index in [1.165, 1.54) is 5.56 Å². The smallest absolute Gasteiger partial charge is 0.239 e. The highest BCUT2D eigenvalue weighted by Crippen LogP contribution is 2.37. The quantitative estimate of drug-likeness (QED) is 0.924. The van der Waals surface area contributed by atoms with Gasteiger partial charge in [-0.2, -0.15) is 5.26 Å². The number of hydrogen-bond acceptors (Lipinski definition) is 4. The predicted molar refractivity (Wildman–Crippen MR) is 100 cm³/mol. The lowest BCUT2D eigenvalue weighted by molar-refractivity contribution is -0.135. The van der Waals surface area contributed by atoms with Crippen molar-refractivity contribution < 1.29 is 4.79 Å². The molecule has 1 saturated heterocycles. The average Bonchev–Trinajstić information content (AvgIpc) is 3.50. The molecular weight excluding hydrogens is 324 g/mol. The van der Waals surface area contributed by atoms with Crippen molar-refractivity contribution in [2.75, 3.05) is 13.1 Å². The van der Waals surface area contributed by atoms with Gasteiger partial charge in [-0.05, 0) is 48.8 Å². The van der Waals surface area contributed by atoms with Gasteiger partial charge in [-0.3, -0.25) is 9.78 Å². The lowest BCUT2D eigenvalue weighted by atomic mass is 9.83. The van der Waals surface area contributed by atoms with Gasteiger partial charge in [0.25, 0.3) is 0 Å². The summed E-state index contributed by atoms with van der Waals surface area (Å²) in [6.45, 7) is 3.67. The van der Waals surface area contributed by atoms with E-state index in [2.05, 4.69) is 18.0 Å². The van der Waals surface area contributed by atoms with Gasteiger partial charge in [0, 0.05) is 30.6 Å². The third-order valence-electron chi connectivity index (χ3n) is 5.75. The molecule has 0 unspecified atom stereocenters. The highest BCUT2D eigenvalue weighted by atomic mass is 16.2. The monoisotopic (exact) mass is 348 g/mol. The molecular formula is C21H24N4O. The Balaban J connectivity index is 1.66. The molecule has 1 amide bonds. The number of benzene rings is 1. The van der Waals surface area contributed by atoms with Crippen LogP contribution in [0.4, 0.5) is 0 Å². The van der Waals surface area contributed by atoms with E-state index < -0.39 is 0 Å². The Kier molecular flexibility index (Phi) is 4.37. The number of carbonyl (C=O) groups is 1. The Bertz CT molecular complexity index is 883. The minimum absolute atomic E-state index is 0.0973. The number of rotatable bonds is 3. The maximum atomic E-state index is 12.8. The molecule has 3 atom stereocenters. The first-order valence-electron chi connectivity index (χ1n) is 9.40. The van der Waals surface area contributed by atoms with E-state index >= 15 is 0 Å². The number of fused-ring (bicyclic) bond motifs is 1. The summed E-state index contributed by atoms with van der Waals surface area (Å²) in [6.07, 6.45) is 4.90. The largest absolute Gasteiger partial charge is 0.340 e. The topological polar surface area (TPSA) is 83.0 Å². The summed E-state index contributed by atoms with van der Waals surface area (Å²) in [5.74, 6) is 1.14. The summed E-state index contributed by atoms with van der Waals surface area (Å²) in [6, 6.07) is 9.70. The van der Waals surface area contributed by atoms with Gasteiger partial charge in [-0.1, -0.05) is 19.1 Å². The summed E-state index contributed by atoms with van der Waals surface area (Å²) in [7, 11) is 0. The van der Waals surface area contributed by atoms with Gasteiger partial charge >= 0.3 is 0 Å². The van der Waals surface area contributed by atoms with Crippen LogP contribution >= 0.6 is 0 Å². The second kappa shape index (κ2) is 6.69. The first-order valence-corrected chi connectivity index (χ1v) is 9.40. The summed E-state index contributed by atoms with van der Waals surface area (Å²) < 4.78 is 0. The minimum atomic E-state index is -0.347. The van der Waals surface area contributed by atoms with Crippen LogP contribution in [0.25, 0.3) is 10.9 Å². The van der Waals surface area contributed by atoms with Gasteiger partial charge in [0.2, 0.25) is 5.91 Å². The number of likely N-dealkylation sites (tertiary alicyclic amines) is 1. The lowest BCUT2D eigenvalue weighted by Gasteiger charge is -2.38. The zero-order valence-electron chi connectivity index (χ0n) is 15.1. The Labute approximate surface area is 153 Å². The van der Waals surface area contributed by atoms with Crippen molar-refractivity contribution in [2.45, 2.75) is 38.1 Å². The van der Waals surface area contributed by atoms with Crippen molar-refractivity contribution in [3.05, 3.63) is 41.6 Å². The van der Waals surface area contributed by atoms with Crippen LogP contribution in [0.3, 0.4) is 0 Å². The van der Waals surface area contributed by atoms with Crippen LogP contribution in [-0.2, 0) is 4.79 Å². The fourth-order valence-electron chi connectivity index (χ4n) is 4.27. The van der Waals surface area contributed by atoms with E-state index in [4.69, 9.17) is 5.73 Å². The molecule has 4 rings (SSSR count). The number of amides is 1. The molecule has 0 spiro atoms. The summed E-state index contributed by atoms with van der Waals surface area (Å²) >= 11 is 0. The van der Waals surface area contributed by atoms with E-state index in [1.54, 1.807) is 6.20 Å². The number of nitrogens with zero attached hydrogens (tertiary/aromatic N) is 3. The van der Waals surface area contributed by atoms with Crippen molar-refractivity contribution in [1.82, 2.24) is 9.88 Å². The fraction of sp³-hybridized carbons (Fsp3) is 0.476. The molecule has 1 aromatic carbocycles. The zero-order chi connectivity index (χ0) is 18.3. The van der Waals surface area contributed by atoms with Gasteiger partial charge < -0.3 is 10.6 Å². The number of hydrogen-bond donors (Lipinski definition) is 1. The Hall–Kier alpha value is -2.45. The molecule has 0 bridgehead atoms. The van der Waals surface area contributed by atoms with Crippen LogP contribution in [0.5, 0.6) is 0 Å². The summed E-state index contributed by atoms with van der Waals surface area (Å²) in [5, 5.41) is 10.4. The minimum Gasteiger partial charge on any atom is -0.340 e. The number of nitriles is 1. The van der Waals surface area contributed by atoms with E-state index in [9.17, 15) is 10.1 Å². The van der Waals surface area contributed by atoms with Crippen molar-refractivity contribution in [3.8, 4) is 6.07 Å². The van der Waals surface area contributed by atoms with Crippen molar-refractivity contribution in [1.29, 1.82) is 5.26 Å². The molecule has 2 N–H and O–H groups in total. The zero-order valence-corrected chi connectivity index (χ0v) is 15.1. The average molecular weight is 348 g/mol. The fourth-order valence-corrected chi connectivity index (χ4v) is 4.27. The van der Waals surface area contributed by atoms with Crippen LogP contribution in [0, 0.1) is 23.2 Å². The first-order chi connectivity index (χ1) is 12.6. The van der Waals surface area contributed by atoms with E-state index in [0.717, 1.165) is 36.7 Å². The summed E-state index contributed by atoms with van der Waals surface area (Å²) in [5.41, 5.74) is 8.69. The molecule has 26 heavy (non-hydrogen) atoms. The Morgan fingerprint density at radius 3 is 2.88 bits per heavy atom. The highest BCUT2D eigenvalue weighted by Gasteiger charge is 2.38. The van der Waals surface area contributed by atoms with Crippen LogP contribution in [-0.4, -0.2) is 34.9 Å². The number of pyridine rings is 1. The predicted octanol–water partition coefficient (Wildman–Crippen LogP) is 2.80.